The fraction of sp³-hybridized carbons (Fsp3) is 0.500. The first kappa shape index (κ1) is 25.6. The molecule has 2 aliphatic carbocycles. The molecule has 0 aromatic carbocycles. The molecule has 3 aromatic rings. The van der Waals surface area contributed by atoms with E-state index in [0.29, 0.717) is 37.1 Å². The molecule has 2 aliphatic rings. The maximum atomic E-state index is 13.3. The molecule has 3 aromatic heterocycles. The highest BCUT2D eigenvalue weighted by Crippen LogP contribution is 2.39. The smallest absolute Gasteiger partial charge is 0.348 e. The number of hydrogen-bond acceptors (Lipinski definition) is 8. The van der Waals surface area contributed by atoms with Gasteiger partial charge in [-0.25, -0.2) is 9.78 Å². The Hall–Kier alpha value is -3.05. The summed E-state index contributed by atoms with van der Waals surface area (Å²) < 4.78 is 6.91. The zero-order valence-corrected chi connectivity index (χ0v) is 22.6. The average molecular weight is 543 g/mol. The number of nitrogens with zero attached hydrogens (tertiary/aromatic N) is 2. The number of thiophene rings is 2. The Morgan fingerprint density at radius 2 is 1.95 bits per heavy atom. The molecular weight excluding hydrogens is 512 g/mol. The zero-order chi connectivity index (χ0) is 26.3. The van der Waals surface area contributed by atoms with Crippen LogP contribution in [-0.4, -0.2) is 33.4 Å². The van der Waals surface area contributed by atoms with Crippen LogP contribution in [0.4, 0.5) is 5.00 Å². The van der Waals surface area contributed by atoms with Gasteiger partial charge in [-0.05, 0) is 68.9 Å². The molecule has 2 amide bonds. The van der Waals surface area contributed by atoms with Crippen LogP contribution >= 0.6 is 22.7 Å². The van der Waals surface area contributed by atoms with Crippen molar-refractivity contribution in [2.45, 2.75) is 77.9 Å². The number of ether oxygens (including phenoxy) is 1. The third-order valence-corrected chi connectivity index (χ3v) is 9.60. The molecule has 196 valence electrons. The first-order valence-electron chi connectivity index (χ1n) is 12.7. The van der Waals surface area contributed by atoms with Crippen molar-refractivity contribution < 1.29 is 19.1 Å². The molecule has 0 aliphatic heterocycles. The number of anilines is 1. The monoisotopic (exact) mass is 542 g/mol. The van der Waals surface area contributed by atoms with Crippen LogP contribution in [0.3, 0.4) is 0 Å². The summed E-state index contributed by atoms with van der Waals surface area (Å²) in [6.07, 6.45) is 8.77. The summed E-state index contributed by atoms with van der Waals surface area (Å²) in [6.45, 7) is 3.59. The second-order valence-electron chi connectivity index (χ2n) is 10.0. The van der Waals surface area contributed by atoms with Gasteiger partial charge in [-0.2, -0.15) is 0 Å². The van der Waals surface area contributed by atoms with Gasteiger partial charge in [-0.3, -0.25) is 19.0 Å². The van der Waals surface area contributed by atoms with E-state index in [1.807, 2.05) is 0 Å². The molecule has 3 N–H and O–H groups in total. The van der Waals surface area contributed by atoms with Crippen LogP contribution < -0.4 is 16.6 Å². The number of nitrogens with two attached hydrogens (primary N) is 1. The maximum absolute atomic E-state index is 13.3. The summed E-state index contributed by atoms with van der Waals surface area (Å²) in [5, 5.41) is 3.53. The number of amides is 2. The van der Waals surface area contributed by atoms with Crippen molar-refractivity contribution in [1.82, 2.24) is 9.55 Å². The third kappa shape index (κ3) is 5.06. The van der Waals surface area contributed by atoms with E-state index in [1.54, 1.807) is 6.92 Å². The molecule has 3 heterocycles. The molecule has 1 unspecified atom stereocenters. The van der Waals surface area contributed by atoms with Gasteiger partial charge in [0.2, 0.25) is 5.91 Å². The SMILES string of the molecule is Cc1c(C(=O)OC2CCCCC2)sc2ncn(CC(=O)Nc3sc4c(c3C(N)=O)CCC(C)C4)c(=O)c12. The molecule has 11 heteroatoms. The van der Waals surface area contributed by atoms with Crippen LogP contribution in [0.15, 0.2) is 11.1 Å². The Kier molecular flexibility index (Phi) is 7.17. The van der Waals surface area contributed by atoms with Crippen LogP contribution in [0, 0.1) is 12.8 Å². The van der Waals surface area contributed by atoms with E-state index in [9.17, 15) is 19.2 Å². The lowest BCUT2D eigenvalue weighted by atomic mass is 9.88. The van der Waals surface area contributed by atoms with Gasteiger partial charge < -0.3 is 15.8 Å². The minimum Gasteiger partial charge on any atom is -0.458 e. The van der Waals surface area contributed by atoms with Crippen molar-refractivity contribution in [3.05, 3.63) is 43.1 Å². The minimum absolute atomic E-state index is 0.0874. The van der Waals surface area contributed by atoms with E-state index in [4.69, 9.17) is 10.5 Å². The lowest BCUT2D eigenvalue weighted by Crippen LogP contribution is -2.28. The molecular formula is C26H30N4O5S2. The van der Waals surface area contributed by atoms with Crippen molar-refractivity contribution in [3.8, 4) is 0 Å². The van der Waals surface area contributed by atoms with Crippen LogP contribution in [0.1, 0.15) is 81.5 Å². The fourth-order valence-electron chi connectivity index (χ4n) is 5.27. The Bertz CT molecular complexity index is 1450. The predicted molar refractivity (Wildman–Crippen MR) is 144 cm³/mol. The van der Waals surface area contributed by atoms with E-state index >= 15 is 0 Å². The largest absolute Gasteiger partial charge is 0.458 e. The molecule has 0 saturated heterocycles. The normalized spacial score (nSPS) is 17.9. The van der Waals surface area contributed by atoms with Crippen molar-refractivity contribution >= 4 is 55.7 Å². The van der Waals surface area contributed by atoms with Crippen LogP contribution in [0.25, 0.3) is 10.2 Å². The van der Waals surface area contributed by atoms with Crippen molar-refractivity contribution in [2.24, 2.45) is 11.7 Å². The van der Waals surface area contributed by atoms with E-state index < -0.39 is 23.3 Å². The predicted octanol–water partition coefficient (Wildman–Crippen LogP) is 4.18. The Morgan fingerprint density at radius 1 is 1.19 bits per heavy atom. The Labute approximate surface area is 222 Å². The van der Waals surface area contributed by atoms with E-state index in [0.717, 1.165) is 73.1 Å². The molecule has 1 atom stereocenters. The van der Waals surface area contributed by atoms with Gasteiger partial charge in [0.05, 0.1) is 17.3 Å². The van der Waals surface area contributed by atoms with Gasteiger partial charge >= 0.3 is 5.97 Å². The molecule has 0 bridgehead atoms. The van der Waals surface area contributed by atoms with E-state index in [-0.39, 0.29) is 12.6 Å². The van der Waals surface area contributed by atoms with Crippen molar-refractivity contribution in [1.29, 1.82) is 0 Å². The van der Waals surface area contributed by atoms with Gasteiger partial charge in [-0.1, -0.05) is 13.3 Å². The van der Waals surface area contributed by atoms with Gasteiger partial charge in [-0.15, -0.1) is 22.7 Å². The fourth-order valence-corrected chi connectivity index (χ4v) is 7.73. The molecule has 5 rings (SSSR count). The topological polar surface area (TPSA) is 133 Å². The summed E-state index contributed by atoms with van der Waals surface area (Å²) in [4.78, 5) is 57.4. The lowest BCUT2D eigenvalue weighted by molar-refractivity contribution is -0.116. The second-order valence-corrected chi connectivity index (χ2v) is 12.2. The molecule has 1 saturated carbocycles. The number of primary amides is 1. The van der Waals surface area contributed by atoms with Crippen LogP contribution in [-0.2, 0) is 28.9 Å². The highest BCUT2D eigenvalue weighted by atomic mass is 32.1. The van der Waals surface area contributed by atoms with Gasteiger partial charge in [0.25, 0.3) is 11.5 Å². The number of aryl methyl sites for hydroxylation is 1. The van der Waals surface area contributed by atoms with Crippen molar-refractivity contribution in [3.63, 3.8) is 0 Å². The number of esters is 1. The number of carbonyl (C=O) groups is 3. The number of carbonyl (C=O) groups excluding carboxylic acids is 3. The minimum atomic E-state index is -0.566. The number of nitrogens with one attached hydrogen (secondary N) is 1. The molecule has 1 fully saturated rings. The van der Waals surface area contributed by atoms with Gasteiger partial charge in [0.1, 0.15) is 27.4 Å². The first-order valence-corrected chi connectivity index (χ1v) is 14.3. The maximum Gasteiger partial charge on any atom is 0.348 e. The number of hydrogen-bond donors (Lipinski definition) is 2. The number of aromatic nitrogens is 2. The average Bonchev–Trinajstić information content (AvgIpc) is 3.38. The quantitative estimate of drug-likeness (QED) is 0.449. The highest BCUT2D eigenvalue weighted by molar-refractivity contribution is 7.20. The summed E-state index contributed by atoms with van der Waals surface area (Å²) in [5.41, 5.74) is 7.06. The highest BCUT2D eigenvalue weighted by Gasteiger charge is 2.28. The summed E-state index contributed by atoms with van der Waals surface area (Å²) in [5.74, 6) is -0.942. The molecule has 9 nitrogen and oxygen atoms in total. The number of fused-ring (bicyclic) bond motifs is 2. The lowest BCUT2D eigenvalue weighted by Gasteiger charge is -2.21. The summed E-state index contributed by atoms with van der Waals surface area (Å²) in [7, 11) is 0. The van der Waals surface area contributed by atoms with E-state index in [2.05, 4.69) is 17.2 Å². The second kappa shape index (κ2) is 10.4. The zero-order valence-electron chi connectivity index (χ0n) is 20.9. The van der Waals surface area contributed by atoms with Crippen LogP contribution in [0.5, 0.6) is 0 Å². The van der Waals surface area contributed by atoms with Crippen molar-refractivity contribution in [2.75, 3.05) is 5.32 Å². The van der Waals surface area contributed by atoms with Gasteiger partial charge in [0.15, 0.2) is 0 Å². The van der Waals surface area contributed by atoms with Crippen LogP contribution in [0.2, 0.25) is 0 Å². The number of rotatable bonds is 6. The first-order chi connectivity index (χ1) is 17.7. The van der Waals surface area contributed by atoms with E-state index in [1.165, 1.54) is 22.2 Å². The molecule has 0 spiro atoms. The standard InChI is InChI=1S/C26H30N4O5S2/c1-13-8-9-16-17(10-13)36-24(20(16)22(27)32)29-18(31)11-30-12-28-23-19(25(30)33)14(2)21(37-23)26(34)35-15-6-4-3-5-7-15/h12-13,15H,3-11H2,1-2H3,(H2,27,32)(H,29,31). The Morgan fingerprint density at radius 3 is 2.68 bits per heavy atom. The summed E-state index contributed by atoms with van der Waals surface area (Å²) in [6, 6.07) is 0. The van der Waals surface area contributed by atoms with Gasteiger partial charge in [0, 0.05) is 4.88 Å². The third-order valence-electron chi connectivity index (χ3n) is 7.25. The summed E-state index contributed by atoms with van der Waals surface area (Å²) >= 11 is 2.51. The molecule has 37 heavy (non-hydrogen) atoms. The Balaban J connectivity index is 1.36. The molecule has 0 radical (unpaired) electrons.